The minimum Gasteiger partial charge on any atom is -0.468 e. The molecule has 1 fully saturated rings. The van der Waals surface area contributed by atoms with E-state index in [1.54, 1.807) is 0 Å². The molecule has 1 aromatic heterocycles. The predicted octanol–water partition coefficient (Wildman–Crippen LogP) is 3.79. The summed E-state index contributed by atoms with van der Waals surface area (Å²) in [6.45, 7) is 11.0. The zero-order chi connectivity index (χ0) is 14.4. The Labute approximate surface area is 123 Å². The summed E-state index contributed by atoms with van der Waals surface area (Å²) < 4.78 is 5.71. The Kier molecular flexibility index (Phi) is 6.11. The number of nitrogens with one attached hydrogen (secondary N) is 1. The maximum Gasteiger partial charge on any atom is 0.118 e. The van der Waals surface area contributed by atoms with Crippen LogP contribution in [-0.2, 0) is 13.1 Å². The highest BCUT2D eigenvalue weighted by Gasteiger charge is 2.16. The van der Waals surface area contributed by atoms with Crippen molar-refractivity contribution < 1.29 is 4.42 Å². The fourth-order valence-corrected chi connectivity index (χ4v) is 2.94. The van der Waals surface area contributed by atoms with Crippen LogP contribution in [0, 0.1) is 5.92 Å². The third-order valence-electron chi connectivity index (χ3n) is 4.32. The van der Waals surface area contributed by atoms with Crippen LogP contribution in [0.2, 0.25) is 0 Å². The molecule has 114 valence electrons. The predicted molar refractivity (Wildman–Crippen MR) is 83.6 cm³/mol. The van der Waals surface area contributed by atoms with E-state index in [0.29, 0.717) is 6.04 Å². The maximum absolute atomic E-state index is 5.71. The fourth-order valence-electron chi connectivity index (χ4n) is 2.94. The molecular weight excluding hydrogens is 248 g/mol. The average molecular weight is 278 g/mol. The molecule has 1 aliphatic heterocycles. The third-order valence-corrected chi connectivity index (χ3v) is 4.32. The maximum atomic E-state index is 5.71. The van der Waals surface area contributed by atoms with Gasteiger partial charge in [0.2, 0.25) is 0 Å². The van der Waals surface area contributed by atoms with Crippen LogP contribution in [0.3, 0.4) is 0 Å². The molecule has 1 atom stereocenters. The van der Waals surface area contributed by atoms with E-state index < -0.39 is 0 Å². The Morgan fingerprint density at radius 3 is 2.95 bits per heavy atom. The van der Waals surface area contributed by atoms with Crippen molar-refractivity contribution in [2.45, 2.75) is 65.6 Å². The Balaban J connectivity index is 1.80. The van der Waals surface area contributed by atoms with Gasteiger partial charge in [-0.2, -0.15) is 0 Å². The molecule has 0 spiro atoms. The Morgan fingerprint density at radius 1 is 1.35 bits per heavy atom. The van der Waals surface area contributed by atoms with Crippen molar-refractivity contribution in [2.24, 2.45) is 5.92 Å². The molecule has 2 heterocycles. The summed E-state index contributed by atoms with van der Waals surface area (Å²) in [5.74, 6) is 2.04. The molecule has 0 radical (unpaired) electrons. The summed E-state index contributed by atoms with van der Waals surface area (Å²) in [4.78, 5) is 2.55. The van der Waals surface area contributed by atoms with Crippen molar-refractivity contribution in [3.8, 4) is 0 Å². The van der Waals surface area contributed by atoms with Crippen molar-refractivity contribution in [2.75, 3.05) is 13.1 Å². The summed E-state index contributed by atoms with van der Waals surface area (Å²) in [6.07, 6.45) is 7.31. The van der Waals surface area contributed by atoms with E-state index in [2.05, 4.69) is 37.1 Å². The summed E-state index contributed by atoms with van der Waals surface area (Å²) >= 11 is 0. The lowest BCUT2D eigenvalue weighted by molar-refractivity contribution is 0.249. The van der Waals surface area contributed by atoms with Crippen LogP contribution in [-0.4, -0.2) is 24.0 Å². The fraction of sp³-hybridized carbons (Fsp3) is 0.765. The summed E-state index contributed by atoms with van der Waals surface area (Å²) in [7, 11) is 0. The highest BCUT2D eigenvalue weighted by Crippen LogP contribution is 2.21. The van der Waals surface area contributed by atoms with Gasteiger partial charge in [-0.25, -0.2) is 0 Å². The second kappa shape index (κ2) is 7.84. The molecule has 1 N–H and O–H groups in total. The van der Waals surface area contributed by atoms with Gasteiger partial charge < -0.3 is 9.73 Å². The van der Waals surface area contributed by atoms with Crippen LogP contribution in [0.15, 0.2) is 16.7 Å². The van der Waals surface area contributed by atoms with Gasteiger partial charge in [0.25, 0.3) is 0 Å². The van der Waals surface area contributed by atoms with Crippen LogP contribution in [0.1, 0.15) is 57.8 Å². The van der Waals surface area contributed by atoms with E-state index in [1.807, 2.05) is 6.26 Å². The summed E-state index contributed by atoms with van der Waals surface area (Å²) in [5, 5.41) is 3.43. The molecule has 0 saturated carbocycles. The molecule has 20 heavy (non-hydrogen) atoms. The summed E-state index contributed by atoms with van der Waals surface area (Å²) in [6, 6.07) is 2.72. The largest absolute Gasteiger partial charge is 0.468 e. The molecule has 1 aromatic rings. The van der Waals surface area contributed by atoms with Crippen molar-refractivity contribution in [3.05, 3.63) is 23.7 Å². The molecule has 0 bridgehead atoms. The highest BCUT2D eigenvalue weighted by molar-refractivity contribution is 5.12. The van der Waals surface area contributed by atoms with E-state index in [0.717, 1.165) is 24.8 Å². The number of hydrogen-bond donors (Lipinski definition) is 1. The van der Waals surface area contributed by atoms with E-state index in [9.17, 15) is 0 Å². The lowest BCUT2D eigenvalue weighted by Crippen LogP contribution is -2.24. The number of nitrogens with zero attached hydrogens (tertiary/aromatic N) is 1. The van der Waals surface area contributed by atoms with Gasteiger partial charge in [-0.3, -0.25) is 4.90 Å². The minimum atomic E-state index is 0.518. The van der Waals surface area contributed by atoms with E-state index in [4.69, 9.17) is 4.42 Å². The Bertz CT molecular complexity index is 386. The highest BCUT2D eigenvalue weighted by atomic mass is 16.3. The van der Waals surface area contributed by atoms with Crippen molar-refractivity contribution in [1.29, 1.82) is 0 Å². The molecule has 0 amide bonds. The van der Waals surface area contributed by atoms with Crippen molar-refractivity contribution in [1.82, 2.24) is 10.2 Å². The number of hydrogen-bond acceptors (Lipinski definition) is 3. The molecule has 3 nitrogen and oxygen atoms in total. The van der Waals surface area contributed by atoms with E-state index >= 15 is 0 Å². The first-order valence-electron chi connectivity index (χ1n) is 8.19. The SMILES string of the molecule is CCC1CCCN(Cc2cc(CNC(C)C)co2)CC1. The Morgan fingerprint density at radius 2 is 2.20 bits per heavy atom. The average Bonchev–Trinajstić information content (AvgIpc) is 2.74. The van der Waals surface area contributed by atoms with E-state index in [1.165, 1.54) is 44.3 Å². The first kappa shape index (κ1) is 15.6. The molecular formula is C17H30N2O. The van der Waals surface area contributed by atoms with Crippen LogP contribution >= 0.6 is 0 Å². The first-order chi connectivity index (χ1) is 9.67. The number of likely N-dealkylation sites (tertiary alicyclic amines) is 1. The topological polar surface area (TPSA) is 28.4 Å². The second-order valence-corrected chi connectivity index (χ2v) is 6.44. The zero-order valence-electron chi connectivity index (χ0n) is 13.3. The lowest BCUT2D eigenvalue weighted by Gasteiger charge is -2.18. The van der Waals surface area contributed by atoms with Gasteiger partial charge in [0, 0.05) is 18.2 Å². The third kappa shape index (κ3) is 4.95. The van der Waals surface area contributed by atoms with Crippen LogP contribution in [0.4, 0.5) is 0 Å². The van der Waals surface area contributed by atoms with Gasteiger partial charge in [-0.05, 0) is 44.3 Å². The monoisotopic (exact) mass is 278 g/mol. The Hall–Kier alpha value is -0.800. The van der Waals surface area contributed by atoms with Crippen LogP contribution in [0.25, 0.3) is 0 Å². The molecule has 1 saturated heterocycles. The number of rotatable bonds is 6. The van der Waals surface area contributed by atoms with Gasteiger partial charge >= 0.3 is 0 Å². The smallest absolute Gasteiger partial charge is 0.118 e. The molecule has 1 unspecified atom stereocenters. The molecule has 0 aromatic carbocycles. The van der Waals surface area contributed by atoms with Crippen molar-refractivity contribution >= 4 is 0 Å². The number of furan rings is 1. The van der Waals surface area contributed by atoms with Crippen LogP contribution < -0.4 is 5.32 Å². The zero-order valence-corrected chi connectivity index (χ0v) is 13.3. The van der Waals surface area contributed by atoms with Crippen LogP contribution in [0.5, 0.6) is 0 Å². The lowest BCUT2D eigenvalue weighted by atomic mass is 9.98. The molecule has 3 heteroatoms. The second-order valence-electron chi connectivity index (χ2n) is 6.44. The molecule has 2 rings (SSSR count). The standard InChI is InChI=1S/C17H30N2O/c1-4-15-6-5-8-19(9-7-15)12-17-10-16(13-20-17)11-18-14(2)3/h10,13-15,18H,4-9,11-12H2,1-3H3. The van der Waals surface area contributed by atoms with E-state index in [-0.39, 0.29) is 0 Å². The van der Waals surface area contributed by atoms with Crippen molar-refractivity contribution in [3.63, 3.8) is 0 Å². The molecule has 0 aliphatic carbocycles. The normalized spacial score (nSPS) is 21.3. The first-order valence-corrected chi connectivity index (χ1v) is 8.19. The van der Waals surface area contributed by atoms with Gasteiger partial charge in [0.1, 0.15) is 5.76 Å². The van der Waals surface area contributed by atoms with Gasteiger partial charge in [0.05, 0.1) is 12.8 Å². The minimum absolute atomic E-state index is 0.518. The summed E-state index contributed by atoms with van der Waals surface area (Å²) in [5.41, 5.74) is 1.26. The molecule has 1 aliphatic rings. The quantitative estimate of drug-likeness (QED) is 0.858. The van der Waals surface area contributed by atoms with Gasteiger partial charge in [-0.15, -0.1) is 0 Å². The van der Waals surface area contributed by atoms with Gasteiger partial charge in [0.15, 0.2) is 0 Å². The van der Waals surface area contributed by atoms with Gasteiger partial charge in [-0.1, -0.05) is 27.2 Å².